The smallest absolute Gasteiger partial charge is 0.326 e. The van der Waals surface area contributed by atoms with E-state index >= 15 is 0 Å². The molecule has 1 amide bonds. The van der Waals surface area contributed by atoms with E-state index in [1.54, 1.807) is 0 Å². The van der Waals surface area contributed by atoms with Gasteiger partial charge in [-0.25, -0.2) is 9.36 Å². The molecule has 0 fully saturated rings. The third kappa shape index (κ3) is 4.28. The molecule has 2 N–H and O–H groups in total. The lowest BCUT2D eigenvalue weighted by atomic mass is 10.1. The highest BCUT2D eigenvalue weighted by Gasteiger charge is 2.25. The Hall–Kier alpha value is -2.42. The second kappa shape index (κ2) is 7.39. The maximum atomic E-state index is 12.0. The number of carboxylic acid groups (broad SMARTS) is 1. The third-order valence-corrected chi connectivity index (χ3v) is 2.96. The summed E-state index contributed by atoms with van der Waals surface area (Å²) in [5, 5.41) is 22.1. The first-order chi connectivity index (χ1) is 9.88. The molecule has 0 saturated carbocycles. The van der Waals surface area contributed by atoms with Crippen LogP contribution in [0.1, 0.15) is 23.3 Å². The number of carbonyl (C=O) groups is 2. The number of amides is 1. The number of nitrogens with zero attached hydrogens (tertiary/aromatic N) is 2. The van der Waals surface area contributed by atoms with Crippen LogP contribution >= 0.6 is 0 Å². The molecule has 0 aliphatic rings. The second-order valence-electron chi connectivity index (χ2n) is 4.39. The zero-order valence-electron chi connectivity index (χ0n) is 11.7. The van der Waals surface area contributed by atoms with Crippen molar-refractivity contribution in [3.05, 3.63) is 27.9 Å². The Kier molecular flexibility index (Phi) is 5.85. The Bertz CT molecular complexity index is 539. The van der Waals surface area contributed by atoms with Crippen molar-refractivity contribution >= 4 is 17.7 Å². The fourth-order valence-corrected chi connectivity index (χ4v) is 1.83. The molecular formula is C12H17N3O6. The number of carbonyl (C=O) groups excluding carboxylic acids is 1. The summed E-state index contributed by atoms with van der Waals surface area (Å²) in [6.45, 7) is 0.384. The van der Waals surface area contributed by atoms with Crippen LogP contribution in [-0.4, -0.2) is 46.2 Å². The Morgan fingerprint density at radius 2 is 2.19 bits per heavy atom. The summed E-state index contributed by atoms with van der Waals surface area (Å²) < 4.78 is 5.93. The molecule has 0 saturated heterocycles. The molecule has 0 spiro atoms. The van der Waals surface area contributed by atoms with Crippen molar-refractivity contribution in [3.63, 3.8) is 0 Å². The number of hydrogen-bond acceptors (Lipinski definition) is 5. The van der Waals surface area contributed by atoms with Crippen LogP contribution < -0.4 is 5.32 Å². The van der Waals surface area contributed by atoms with Gasteiger partial charge in [-0.05, 0) is 23.8 Å². The topological polar surface area (TPSA) is 124 Å². The summed E-state index contributed by atoms with van der Waals surface area (Å²) in [6.07, 6.45) is 0.683. The molecule has 1 unspecified atom stereocenters. The molecule has 0 aliphatic heterocycles. The van der Waals surface area contributed by atoms with Crippen molar-refractivity contribution < 1.29 is 24.4 Å². The van der Waals surface area contributed by atoms with Crippen LogP contribution in [0.25, 0.3) is 0 Å². The molecule has 0 radical (unpaired) electrons. The van der Waals surface area contributed by atoms with Gasteiger partial charge in [0.25, 0.3) is 5.91 Å². The second-order valence-corrected chi connectivity index (χ2v) is 4.39. The summed E-state index contributed by atoms with van der Waals surface area (Å²) in [7, 11) is 2.87. The van der Waals surface area contributed by atoms with Gasteiger partial charge in [-0.1, -0.05) is 0 Å². The minimum absolute atomic E-state index is 0.0275. The van der Waals surface area contributed by atoms with Crippen molar-refractivity contribution in [2.24, 2.45) is 7.05 Å². The van der Waals surface area contributed by atoms with Gasteiger partial charge in [0.15, 0.2) is 5.69 Å². The van der Waals surface area contributed by atoms with Crippen molar-refractivity contribution in [1.82, 2.24) is 9.88 Å². The zero-order valence-corrected chi connectivity index (χ0v) is 11.7. The van der Waals surface area contributed by atoms with Crippen LogP contribution in [0.15, 0.2) is 12.1 Å². The van der Waals surface area contributed by atoms with Gasteiger partial charge in [0.1, 0.15) is 6.04 Å². The average Bonchev–Trinajstić information content (AvgIpc) is 2.79. The molecule has 116 valence electrons. The number of aliphatic carboxylic acids is 1. The normalized spacial score (nSPS) is 11.9. The van der Waals surface area contributed by atoms with Gasteiger partial charge < -0.3 is 25.3 Å². The first-order valence-corrected chi connectivity index (χ1v) is 6.21. The average molecular weight is 299 g/mol. The number of aromatic nitrogens is 1. The lowest BCUT2D eigenvalue weighted by Gasteiger charge is -2.13. The van der Waals surface area contributed by atoms with Crippen molar-refractivity contribution in [2.45, 2.75) is 18.9 Å². The van der Waals surface area contributed by atoms with Crippen LogP contribution in [0.3, 0.4) is 0 Å². The van der Waals surface area contributed by atoms with E-state index in [2.05, 4.69) is 5.32 Å². The van der Waals surface area contributed by atoms with E-state index in [-0.39, 0.29) is 17.9 Å². The number of carboxylic acids is 1. The van der Waals surface area contributed by atoms with Crippen LogP contribution in [0.4, 0.5) is 5.82 Å². The maximum absolute atomic E-state index is 12.0. The van der Waals surface area contributed by atoms with Gasteiger partial charge >= 0.3 is 11.8 Å². The van der Waals surface area contributed by atoms with Crippen LogP contribution in [-0.2, 0) is 16.6 Å². The number of nitrogens with one attached hydrogen (secondary N) is 1. The van der Waals surface area contributed by atoms with Crippen LogP contribution in [0, 0.1) is 10.1 Å². The highest BCUT2D eigenvalue weighted by Crippen LogP contribution is 2.15. The summed E-state index contributed by atoms with van der Waals surface area (Å²) in [5.74, 6) is -2.08. The molecule has 0 aliphatic carbocycles. The third-order valence-electron chi connectivity index (χ3n) is 2.96. The lowest BCUT2D eigenvalue weighted by molar-refractivity contribution is -0.391. The van der Waals surface area contributed by atoms with E-state index in [0.717, 1.165) is 4.57 Å². The number of hydrogen-bond donors (Lipinski definition) is 2. The molecule has 1 atom stereocenters. The monoisotopic (exact) mass is 299 g/mol. The van der Waals surface area contributed by atoms with Crippen molar-refractivity contribution in [2.75, 3.05) is 13.7 Å². The van der Waals surface area contributed by atoms with Gasteiger partial charge in [0.05, 0.1) is 7.05 Å². The predicted molar refractivity (Wildman–Crippen MR) is 72.1 cm³/mol. The van der Waals surface area contributed by atoms with E-state index in [4.69, 9.17) is 9.84 Å². The molecular weight excluding hydrogens is 282 g/mol. The number of nitro groups is 1. The van der Waals surface area contributed by atoms with Crippen molar-refractivity contribution in [1.29, 1.82) is 0 Å². The van der Waals surface area contributed by atoms with E-state index in [1.807, 2.05) is 0 Å². The molecule has 9 heteroatoms. The first-order valence-electron chi connectivity index (χ1n) is 6.21. The van der Waals surface area contributed by atoms with Crippen LogP contribution in [0.5, 0.6) is 0 Å². The van der Waals surface area contributed by atoms with E-state index < -0.39 is 22.8 Å². The predicted octanol–water partition coefficient (Wildman–Crippen LogP) is 0.543. The molecule has 1 aromatic rings. The fraction of sp³-hybridized carbons (Fsp3) is 0.500. The van der Waals surface area contributed by atoms with E-state index in [1.165, 1.54) is 26.3 Å². The SMILES string of the molecule is COCCCC(NC(=O)c1ccc([N+](=O)[O-])n1C)C(=O)O. The van der Waals surface area contributed by atoms with Gasteiger partial charge in [-0.15, -0.1) is 0 Å². The van der Waals surface area contributed by atoms with E-state index in [0.29, 0.717) is 13.0 Å². The standard InChI is InChI=1S/C12H17N3O6/c1-14-9(5-6-10(14)15(19)20)11(16)13-8(12(17)18)4-3-7-21-2/h5-6,8H,3-4,7H2,1-2H3,(H,13,16)(H,17,18). The zero-order chi connectivity index (χ0) is 16.0. The highest BCUT2D eigenvalue weighted by atomic mass is 16.6. The maximum Gasteiger partial charge on any atom is 0.326 e. The quantitative estimate of drug-likeness (QED) is 0.410. The molecule has 1 rings (SSSR count). The lowest BCUT2D eigenvalue weighted by Crippen LogP contribution is -2.41. The largest absolute Gasteiger partial charge is 0.480 e. The summed E-state index contributed by atoms with van der Waals surface area (Å²) in [6, 6.07) is 1.40. The molecule has 1 heterocycles. The molecule has 1 aromatic heterocycles. The molecule has 21 heavy (non-hydrogen) atoms. The molecule has 0 bridgehead atoms. The Morgan fingerprint density at radius 3 is 2.67 bits per heavy atom. The molecule has 0 aromatic carbocycles. The van der Waals surface area contributed by atoms with Gasteiger partial charge in [0, 0.05) is 19.8 Å². The van der Waals surface area contributed by atoms with E-state index in [9.17, 15) is 19.7 Å². The Balaban J connectivity index is 2.78. The minimum atomic E-state index is -1.16. The van der Waals surface area contributed by atoms with Gasteiger partial charge in [-0.3, -0.25) is 4.79 Å². The number of rotatable bonds is 8. The summed E-state index contributed by atoms with van der Waals surface area (Å²) >= 11 is 0. The highest BCUT2D eigenvalue weighted by molar-refractivity contribution is 5.95. The Labute approximate surface area is 120 Å². The summed E-state index contributed by atoms with van der Waals surface area (Å²) in [4.78, 5) is 33.2. The fourth-order valence-electron chi connectivity index (χ4n) is 1.83. The number of ether oxygens (including phenoxy) is 1. The van der Waals surface area contributed by atoms with Crippen LogP contribution in [0.2, 0.25) is 0 Å². The van der Waals surface area contributed by atoms with Gasteiger partial charge in [-0.2, -0.15) is 0 Å². The minimum Gasteiger partial charge on any atom is -0.480 e. The van der Waals surface area contributed by atoms with Gasteiger partial charge in [0.2, 0.25) is 0 Å². The van der Waals surface area contributed by atoms with Crippen molar-refractivity contribution in [3.8, 4) is 0 Å². The molecule has 9 nitrogen and oxygen atoms in total. The number of methoxy groups -OCH3 is 1. The first kappa shape index (κ1) is 16.6. The summed E-state index contributed by atoms with van der Waals surface area (Å²) in [5.41, 5.74) is 0.0275. The Morgan fingerprint density at radius 1 is 1.52 bits per heavy atom.